The van der Waals surface area contributed by atoms with Crippen LogP contribution in [-0.4, -0.2) is 21.7 Å². The Kier molecular flexibility index (Phi) is 5.80. The van der Waals surface area contributed by atoms with Gasteiger partial charge in [0.2, 0.25) is 0 Å². The quantitative estimate of drug-likeness (QED) is 0.673. The lowest BCUT2D eigenvalue weighted by Crippen LogP contribution is -2.29. The molecule has 0 saturated heterocycles. The van der Waals surface area contributed by atoms with Crippen LogP contribution in [0.3, 0.4) is 0 Å². The Balaban J connectivity index is 0.00000100. The minimum absolute atomic E-state index is 0.485. The average Bonchev–Trinajstić information content (AvgIpc) is 2.74. The number of aromatic nitrogens is 1. The van der Waals surface area contributed by atoms with Gasteiger partial charge in [0.1, 0.15) is 0 Å². The van der Waals surface area contributed by atoms with E-state index in [1.807, 2.05) is 18.2 Å². The zero-order valence-corrected chi connectivity index (χ0v) is 13.9. The molecule has 2 N–H and O–H groups in total. The summed E-state index contributed by atoms with van der Waals surface area (Å²) in [6, 6.07) is 7.26. The minimum atomic E-state index is -1.44. The summed E-state index contributed by atoms with van der Waals surface area (Å²) in [7, 11) is -1.44. The summed E-state index contributed by atoms with van der Waals surface area (Å²) in [5.41, 5.74) is 6.02. The van der Waals surface area contributed by atoms with Crippen molar-refractivity contribution in [3.05, 3.63) is 78.7 Å². The third-order valence-electron chi connectivity index (χ3n) is 4.02. The molecule has 3 nitrogen and oxygen atoms in total. The predicted molar refractivity (Wildman–Crippen MR) is 104 cm³/mol. The van der Waals surface area contributed by atoms with E-state index in [1.165, 1.54) is 5.56 Å². The molecular weight excluding hydrogens is 297 g/mol. The van der Waals surface area contributed by atoms with Gasteiger partial charge in [-0.05, 0) is 37.0 Å². The second-order valence-corrected chi connectivity index (χ2v) is 5.34. The number of rotatable bonds is 3. The van der Waals surface area contributed by atoms with E-state index in [4.69, 9.17) is 0 Å². The third-order valence-corrected chi connectivity index (χ3v) is 4.02. The highest BCUT2D eigenvalue weighted by Gasteiger charge is 2.18. The van der Waals surface area contributed by atoms with Crippen LogP contribution in [0.2, 0.25) is 0 Å². The molecule has 0 saturated carbocycles. The Morgan fingerprint density at radius 3 is 2.29 bits per heavy atom. The van der Waals surface area contributed by atoms with Crippen LogP contribution in [0.4, 0.5) is 0 Å². The average molecular weight is 319 g/mol. The summed E-state index contributed by atoms with van der Waals surface area (Å²) in [6.07, 6.45) is 11.4. The van der Waals surface area contributed by atoms with Crippen molar-refractivity contribution in [2.24, 2.45) is 0 Å². The largest absolute Gasteiger partial charge is 0.488 e. The Labute approximate surface area is 143 Å². The second-order valence-electron chi connectivity index (χ2n) is 5.34. The Morgan fingerprint density at radius 1 is 1.08 bits per heavy atom. The van der Waals surface area contributed by atoms with Crippen LogP contribution in [-0.2, 0) is 0 Å². The monoisotopic (exact) mass is 319 g/mol. The van der Waals surface area contributed by atoms with Gasteiger partial charge in [-0.25, -0.2) is 0 Å². The van der Waals surface area contributed by atoms with Gasteiger partial charge in [0.05, 0.1) is 5.69 Å². The van der Waals surface area contributed by atoms with Gasteiger partial charge in [-0.2, -0.15) is 0 Å². The third kappa shape index (κ3) is 3.20. The summed E-state index contributed by atoms with van der Waals surface area (Å²) in [5, 5.41) is 18.5. The fourth-order valence-electron chi connectivity index (χ4n) is 2.92. The number of benzene rings is 1. The van der Waals surface area contributed by atoms with Crippen LogP contribution in [0.1, 0.15) is 28.9 Å². The van der Waals surface area contributed by atoms with Gasteiger partial charge >= 0.3 is 7.12 Å². The number of allylic oxidation sites excluding steroid dienone is 2. The Hall–Kier alpha value is -2.56. The normalized spacial score (nSPS) is 12.0. The maximum atomic E-state index is 9.23. The van der Waals surface area contributed by atoms with Gasteiger partial charge in [0.15, 0.2) is 0 Å². The van der Waals surface area contributed by atoms with Crippen molar-refractivity contribution < 1.29 is 10.0 Å². The SMILES string of the molecule is C=C.C=Cc1c2c(n(-c3ccc(B(O)O)cc3)c1C)C=CCC=C2. The molecule has 4 heteroatoms. The van der Waals surface area contributed by atoms with Crippen LogP contribution in [0.15, 0.2) is 56.2 Å². The first kappa shape index (κ1) is 17.8. The molecule has 3 rings (SSSR count). The molecule has 1 aromatic heterocycles. The first-order chi connectivity index (χ1) is 11.6. The smallest absolute Gasteiger partial charge is 0.423 e. The first-order valence-corrected chi connectivity index (χ1v) is 7.80. The molecule has 2 aromatic rings. The molecule has 0 fully saturated rings. The summed E-state index contributed by atoms with van der Waals surface area (Å²) in [6.45, 7) is 12.0. The molecule has 0 radical (unpaired) electrons. The van der Waals surface area contributed by atoms with Crippen molar-refractivity contribution in [1.29, 1.82) is 0 Å². The number of nitrogens with zero attached hydrogens (tertiary/aromatic N) is 1. The molecule has 0 bridgehead atoms. The van der Waals surface area contributed by atoms with Gasteiger partial charge in [-0.1, -0.05) is 43.0 Å². The van der Waals surface area contributed by atoms with E-state index in [1.54, 1.807) is 12.1 Å². The van der Waals surface area contributed by atoms with Gasteiger partial charge in [-0.15, -0.1) is 13.2 Å². The summed E-state index contributed by atoms with van der Waals surface area (Å²) in [4.78, 5) is 0. The van der Waals surface area contributed by atoms with Gasteiger partial charge < -0.3 is 14.6 Å². The van der Waals surface area contributed by atoms with Crippen molar-refractivity contribution in [1.82, 2.24) is 4.57 Å². The van der Waals surface area contributed by atoms with E-state index >= 15 is 0 Å². The molecule has 1 heterocycles. The van der Waals surface area contributed by atoms with E-state index in [9.17, 15) is 10.0 Å². The van der Waals surface area contributed by atoms with E-state index in [0.717, 1.165) is 29.1 Å². The first-order valence-electron chi connectivity index (χ1n) is 7.80. The fraction of sp³-hybridized carbons (Fsp3) is 0.100. The van der Waals surface area contributed by atoms with Crippen molar-refractivity contribution in [3.63, 3.8) is 0 Å². The van der Waals surface area contributed by atoms with E-state index < -0.39 is 7.12 Å². The summed E-state index contributed by atoms with van der Waals surface area (Å²) >= 11 is 0. The Morgan fingerprint density at radius 2 is 1.71 bits per heavy atom. The molecule has 1 aromatic carbocycles. The van der Waals surface area contributed by atoms with Crippen LogP contribution in [0.5, 0.6) is 0 Å². The highest BCUT2D eigenvalue weighted by molar-refractivity contribution is 6.58. The zero-order valence-electron chi connectivity index (χ0n) is 13.9. The van der Waals surface area contributed by atoms with Crippen LogP contribution in [0, 0.1) is 6.92 Å². The molecule has 122 valence electrons. The van der Waals surface area contributed by atoms with Crippen molar-refractivity contribution in [2.45, 2.75) is 13.3 Å². The lowest BCUT2D eigenvalue weighted by Gasteiger charge is -2.11. The molecule has 1 aliphatic carbocycles. The number of hydrogen-bond donors (Lipinski definition) is 2. The standard InChI is InChI=1S/C18H18BNO2.C2H4/c1-3-16-13(2)20(18-8-6-4-5-7-17(16)18)15-11-9-14(10-12-15)19(21)22;1-2/h3,5-12,21-22H,1,4H2,2H3;1-2H2. The summed E-state index contributed by atoms with van der Waals surface area (Å²) in [5.74, 6) is 0. The minimum Gasteiger partial charge on any atom is -0.423 e. The lowest BCUT2D eigenvalue weighted by molar-refractivity contribution is 0.426. The van der Waals surface area contributed by atoms with Gasteiger partial charge in [0, 0.05) is 22.5 Å². The highest BCUT2D eigenvalue weighted by Crippen LogP contribution is 2.31. The van der Waals surface area contributed by atoms with Crippen molar-refractivity contribution >= 4 is 30.8 Å². The van der Waals surface area contributed by atoms with Crippen molar-refractivity contribution in [3.8, 4) is 5.69 Å². The summed E-state index contributed by atoms with van der Waals surface area (Å²) < 4.78 is 2.17. The van der Waals surface area contributed by atoms with Crippen LogP contribution < -0.4 is 5.46 Å². The predicted octanol–water partition coefficient (Wildman–Crippen LogP) is 3.34. The topological polar surface area (TPSA) is 45.4 Å². The van der Waals surface area contributed by atoms with Gasteiger partial charge in [0.25, 0.3) is 0 Å². The second kappa shape index (κ2) is 7.82. The molecule has 0 atom stereocenters. The highest BCUT2D eigenvalue weighted by atomic mass is 16.4. The molecule has 24 heavy (non-hydrogen) atoms. The fourth-order valence-corrected chi connectivity index (χ4v) is 2.92. The molecule has 0 unspecified atom stereocenters. The lowest BCUT2D eigenvalue weighted by atomic mass is 9.80. The van der Waals surface area contributed by atoms with E-state index in [-0.39, 0.29) is 0 Å². The molecule has 0 amide bonds. The zero-order chi connectivity index (χ0) is 17.7. The molecule has 1 aliphatic rings. The van der Waals surface area contributed by atoms with E-state index in [0.29, 0.717) is 5.46 Å². The maximum Gasteiger partial charge on any atom is 0.488 e. The van der Waals surface area contributed by atoms with E-state index in [2.05, 4.69) is 55.5 Å². The molecular formula is C20H22BNO2. The number of fused-ring (bicyclic) bond motifs is 1. The van der Waals surface area contributed by atoms with Gasteiger partial charge in [-0.3, -0.25) is 0 Å². The van der Waals surface area contributed by atoms with Crippen LogP contribution in [0.25, 0.3) is 23.9 Å². The maximum absolute atomic E-state index is 9.23. The molecule has 0 spiro atoms. The number of hydrogen-bond acceptors (Lipinski definition) is 2. The van der Waals surface area contributed by atoms with Crippen molar-refractivity contribution in [2.75, 3.05) is 0 Å². The Bertz CT molecular complexity index is 783. The molecule has 0 aliphatic heterocycles. The van der Waals surface area contributed by atoms with Crippen LogP contribution >= 0.6 is 0 Å².